The van der Waals surface area contributed by atoms with Crippen LogP contribution in [0.2, 0.25) is 0 Å². The van der Waals surface area contributed by atoms with Crippen molar-refractivity contribution in [1.82, 2.24) is 0 Å². The molecule has 0 aliphatic carbocycles. The second-order valence-electron chi connectivity index (χ2n) is 6.57. The number of aromatic carboxylic acids is 1. The molecule has 0 atom stereocenters. The number of nitrogens with one attached hydrogen (secondary N) is 2. The van der Waals surface area contributed by atoms with Gasteiger partial charge in [-0.3, -0.25) is 9.59 Å². The molecular formula is C23H20N2O4S. The van der Waals surface area contributed by atoms with Gasteiger partial charge in [-0.05, 0) is 55.5 Å². The van der Waals surface area contributed by atoms with Gasteiger partial charge in [0, 0.05) is 21.8 Å². The second kappa shape index (κ2) is 9.76. The van der Waals surface area contributed by atoms with Gasteiger partial charge in [0.25, 0.3) is 5.91 Å². The van der Waals surface area contributed by atoms with Crippen LogP contribution < -0.4 is 10.6 Å². The van der Waals surface area contributed by atoms with E-state index in [4.69, 9.17) is 5.11 Å². The molecule has 0 unspecified atom stereocenters. The van der Waals surface area contributed by atoms with Gasteiger partial charge in [0.1, 0.15) is 0 Å². The smallest absolute Gasteiger partial charge is 0.335 e. The average molecular weight is 420 g/mol. The Morgan fingerprint density at radius 1 is 0.833 bits per heavy atom. The van der Waals surface area contributed by atoms with Crippen LogP contribution in [0.3, 0.4) is 0 Å². The fourth-order valence-electron chi connectivity index (χ4n) is 2.73. The third-order valence-electron chi connectivity index (χ3n) is 4.14. The summed E-state index contributed by atoms with van der Waals surface area (Å²) in [5, 5.41) is 14.6. The molecule has 0 aliphatic heterocycles. The van der Waals surface area contributed by atoms with Crippen molar-refractivity contribution >= 4 is 40.9 Å². The first kappa shape index (κ1) is 21.1. The van der Waals surface area contributed by atoms with Gasteiger partial charge >= 0.3 is 5.97 Å². The number of amides is 2. The van der Waals surface area contributed by atoms with E-state index in [1.165, 1.54) is 23.9 Å². The zero-order valence-electron chi connectivity index (χ0n) is 16.2. The van der Waals surface area contributed by atoms with Crippen molar-refractivity contribution in [2.24, 2.45) is 0 Å². The average Bonchev–Trinajstić information content (AvgIpc) is 2.73. The largest absolute Gasteiger partial charge is 0.478 e. The third kappa shape index (κ3) is 5.96. The van der Waals surface area contributed by atoms with Crippen LogP contribution in [0, 0.1) is 6.92 Å². The highest BCUT2D eigenvalue weighted by molar-refractivity contribution is 8.00. The number of carbonyl (C=O) groups excluding carboxylic acids is 2. The molecule has 7 heteroatoms. The van der Waals surface area contributed by atoms with E-state index < -0.39 is 5.97 Å². The Balaban J connectivity index is 1.57. The molecule has 0 aromatic heterocycles. The number of hydrogen-bond acceptors (Lipinski definition) is 4. The normalized spacial score (nSPS) is 10.3. The predicted octanol–water partition coefficient (Wildman–Crippen LogP) is 4.68. The zero-order chi connectivity index (χ0) is 21.5. The van der Waals surface area contributed by atoms with Crippen LogP contribution in [0.5, 0.6) is 0 Å². The van der Waals surface area contributed by atoms with E-state index >= 15 is 0 Å². The van der Waals surface area contributed by atoms with Crippen LogP contribution in [-0.2, 0) is 4.79 Å². The van der Waals surface area contributed by atoms with Crippen molar-refractivity contribution < 1.29 is 19.5 Å². The summed E-state index contributed by atoms with van der Waals surface area (Å²) in [5.41, 5.74) is 2.76. The van der Waals surface area contributed by atoms with Crippen molar-refractivity contribution in [2.45, 2.75) is 11.8 Å². The van der Waals surface area contributed by atoms with Crippen LogP contribution in [-0.4, -0.2) is 28.6 Å². The number of hydrogen-bond donors (Lipinski definition) is 3. The number of benzene rings is 3. The number of carbonyl (C=O) groups is 3. The molecule has 0 heterocycles. The molecule has 0 bridgehead atoms. The molecule has 3 aromatic carbocycles. The molecule has 0 saturated carbocycles. The minimum Gasteiger partial charge on any atom is -0.478 e. The lowest BCUT2D eigenvalue weighted by Crippen LogP contribution is -2.14. The van der Waals surface area contributed by atoms with Crippen LogP contribution in [0.25, 0.3) is 0 Å². The van der Waals surface area contributed by atoms with Crippen LogP contribution in [0.4, 0.5) is 11.4 Å². The van der Waals surface area contributed by atoms with Gasteiger partial charge in [0.15, 0.2) is 0 Å². The maximum Gasteiger partial charge on any atom is 0.335 e. The van der Waals surface area contributed by atoms with Gasteiger partial charge < -0.3 is 15.7 Å². The molecule has 0 radical (unpaired) electrons. The fraction of sp³-hybridized carbons (Fsp3) is 0.0870. The highest BCUT2D eigenvalue weighted by atomic mass is 32.2. The number of anilines is 2. The van der Waals surface area contributed by atoms with Gasteiger partial charge in [-0.15, -0.1) is 11.8 Å². The summed E-state index contributed by atoms with van der Waals surface area (Å²) in [7, 11) is 0. The maximum atomic E-state index is 12.4. The summed E-state index contributed by atoms with van der Waals surface area (Å²) in [6.45, 7) is 1.93. The Labute approximate surface area is 178 Å². The van der Waals surface area contributed by atoms with Gasteiger partial charge in [0.2, 0.25) is 5.91 Å². The van der Waals surface area contributed by atoms with Crippen molar-refractivity contribution in [3.63, 3.8) is 0 Å². The molecule has 6 nitrogen and oxygen atoms in total. The standard InChI is InChI=1S/C23H20N2O4S/c1-15-5-2-6-16(11-15)22(27)25-19-9-4-10-20(13-19)30-14-21(26)24-18-8-3-7-17(12-18)23(28)29/h2-13H,14H2,1H3,(H,24,26)(H,25,27)(H,28,29). The summed E-state index contributed by atoms with van der Waals surface area (Å²) < 4.78 is 0. The predicted molar refractivity (Wildman–Crippen MR) is 118 cm³/mol. The second-order valence-corrected chi connectivity index (χ2v) is 7.62. The quantitative estimate of drug-likeness (QED) is 0.483. The Hall–Kier alpha value is -3.58. The highest BCUT2D eigenvalue weighted by Crippen LogP contribution is 2.22. The van der Waals surface area contributed by atoms with E-state index in [0.29, 0.717) is 16.9 Å². The van der Waals surface area contributed by atoms with Gasteiger partial charge in [-0.1, -0.05) is 29.8 Å². The lowest BCUT2D eigenvalue weighted by molar-refractivity contribution is -0.113. The molecule has 30 heavy (non-hydrogen) atoms. The summed E-state index contributed by atoms with van der Waals surface area (Å²) >= 11 is 1.32. The maximum absolute atomic E-state index is 12.4. The number of rotatable bonds is 7. The number of carboxylic acid groups (broad SMARTS) is 1. The molecule has 3 N–H and O–H groups in total. The Kier molecular flexibility index (Phi) is 6.87. The molecule has 0 fully saturated rings. The lowest BCUT2D eigenvalue weighted by atomic mass is 10.1. The topological polar surface area (TPSA) is 95.5 Å². The van der Waals surface area contributed by atoms with Crippen molar-refractivity contribution in [3.8, 4) is 0 Å². The minimum absolute atomic E-state index is 0.109. The van der Waals surface area contributed by atoms with E-state index in [2.05, 4.69) is 10.6 Å². The Morgan fingerprint density at radius 2 is 1.50 bits per heavy atom. The monoisotopic (exact) mass is 420 g/mol. The van der Waals surface area contributed by atoms with Crippen LogP contribution in [0.15, 0.2) is 77.7 Å². The first-order valence-electron chi connectivity index (χ1n) is 9.15. The van der Waals surface area contributed by atoms with Crippen molar-refractivity contribution in [2.75, 3.05) is 16.4 Å². The Morgan fingerprint density at radius 3 is 2.23 bits per heavy atom. The lowest BCUT2D eigenvalue weighted by Gasteiger charge is -2.09. The van der Waals surface area contributed by atoms with Crippen molar-refractivity contribution in [1.29, 1.82) is 0 Å². The highest BCUT2D eigenvalue weighted by Gasteiger charge is 2.09. The molecule has 3 aromatic rings. The summed E-state index contributed by atoms with van der Waals surface area (Å²) in [5.74, 6) is -1.36. The summed E-state index contributed by atoms with van der Waals surface area (Å²) in [6.07, 6.45) is 0. The van der Waals surface area contributed by atoms with Crippen LogP contribution >= 0.6 is 11.8 Å². The van der Waals surface area contributed by atoms with Gasteiger partial charge in [-0.25, -0.2) is 4.79 Å². The van der Waals surface area contributed by atoms with E-state index in [9.17, 15) is 14.4 Å². The summed E-state index contributed by atoms with van der Waals surface area (Å²) in [4.78, 5) is 36.4. The number of carboxylic acids is 1. The number of aryl methyl sites for hydroxylation is 1. The van der Waals surface area contributed by atoms with E-state index in [-0.39, 0.29) is 23.1 Å². The minimum atomic E-state index is -1.05. The SMILES string of the molecule is Cc1cccc(C(=O)Nc2cccc(SCC(=O)Nc3cccc(C(=O)O)c3)c2)c1. The summed E-state index contributed by atoms with van der Waals surface area (Å²) in [6, 6.07) is 20.7. The number of thioether (sulfide) groups is 1. The molecule has 0 aliphatic rings. The Bertz CT molecular complexity index is 1100. The molecule has 0 spiro atoms. The van der Waals surface area contributed by atoms with Gasteiger partial charge in [-0.2, -0.15) is 0 Å². The molecule has 152 valence electrons. The first-order chi connectivity index (χ1) is 14.4. The zero-order valence-corrected chi connectivity index (χ0v) is 17.0. The van der Waals surface area contributed by atoms with Gasteiger partial charge in [0.05, 0.1) is 11.3 Å². The van der Waals surface area contributed by atoms with Crippen molar-refractivity contribution in [3.05, 3.63) is 89.5 Å². The van der Waals surface area contributed by atoms with E-state index in [1.807, 2.05) is 37.3 Å². The molecular weight excluding hydrogens is 400 g/mol. The molecule has 0 saturated heterocycles. The molecule has 2 amide bonds. The third-order valence-corrected chi connectivity index (χ3v) is 5.13. The van der Waals surface area contributed by atoms with E-state index in [0.717, 1.165) is 10.5 Å². The van der Waals surface area contributed by atoms with E-state index in [1.54, 1.807) is 30.3 Å². The fourth-order valence-corrected chi connectivity index (χ4v) is 3.48. The van der Waals surface area contributed by atoms with Crippen LogP contribution in [0.1, 0.15) is 26.3 Å². The molecule has 3 rings (SSSR count). The first-order valence-corrected chi connectivity index (χ1v) is 10.1.